The summed E-state index contributed by atoms with van der Waals surface area (Å²) in [5.74, 6) is -0.0122. The highest BCUT2D eigenvalue weighted by atomic mass is 16.1. The van der Waals surface area contributed by atoms with Gasteiger partial charge < -0.3 is 10.3 Å². The highest BCUT2D eigenvalue weighted by Crippen LogP contribution is 2.29. The van der Waals surface area contributed by atoms with Crippen LogP contribution >= 0.6 is 0 Å². The second kappa shape index (κ2) is 6.20. The number of rotatable bonds is 4. The van der Waals surface area contributed by atoms with Crippen LogP contribution in [0.1, 0.15) is 30.1 Å². The number of aromatic nitrogens is 2. The van der Waals surface area contributed by atoms with E-state index in [1.807, 2.05) is 30.3 Å². The van der Waals surface area contributed by atoms with Crippen LogP contribution in [0.25, 0.3) is 32.8 Å². The number of aryl methyl sites for hydroxylation is 1. The molecule has 0 fully saturated rings. The van der Waals surface area contributed by atoms with Gasteiger partial charge in [0.15, 0.2) is 0 Å². The van der Waals surface area contributed by atoms with Crippen molar-refractivity contribution in [1.82, 2.24) is 10.3 Å². The van der Waals surface area contributed by atoms with Gasteiger partial charge in [0, 0.05) is 12.6 Å². The summed E-state index contributed by atoms with van der Waals surface area (Å²) in [5.41, 5.74) is 4.80. The standard InChI is InChI=1S/C21H21N3O/c1-3-4-13-22-21(25)18-15-10-6-8-12-17(15)24(2)20-14-9-5-7-11-16(14)23-19(18)20/h5-12H,3-4,13H2,1-2H3,(H,22,25)/p+1. The molecule has 4 aromatic rings. The number of para-hydroxylation sites is 2. The Balaban J connectivity index is 2.07. The Hall–Kier alpha value is -2.88. The van der Waals surface area contributed by atoms with Crippen molar-refractivity contribution in [3.63, 3.8) is 0 Å². The summed E-state index contributed by atoms with van der Waals surface area (Å²) in [7, 11) is 2.06. The topological polar surface area (TPSA) is 48.8 Å². The van der Waals surface area contributed by atoms with Crippen LogP contribution in [-0.2, 0) is 7.05 Å². The molecule has 0 radical (unpaired) electrons. The van der Waals surface area contributed by atoms with Crippen molar-refractivity contribution in [3.8, 4) is 0 Å². The molecule has 0 aliphatic heterocycles. The maximum Gasteiger partial charge on any atom is 0.254 e. The molecule has 2 N–H and O–H groups in total. The van der Waals surface area contributed by atoms with Gasteiger partial charge in [0.2, 0.25) is 11.0 Å². The highest BCUT2D eigenvalue weighted by Gasteiger charge is 2.25. The number of H-pyrrole nitrogens is 1. The first kappa shape index (κ1) is 15.6. The number of benzene rings is 2. The van der Waals surface area contributed by atoms with E-state index in [4.69, 9.17) is 0 Å². The molecule has 0 bridgehead atoms. The number of hydrogen-bond acceptors (Lipinski definition) is 1. The first-order valence-electron chi connectivity index (χ1n) is 8.81. The number of pyridine rings is 1. The Kier molecular flexibility index (Phi) is 3.88. The summed E-state index contributed by atoms with van der Waals surface area (Å²) in [6, 6.07) is 16.3. The van der Waals surface area contributed by atoms with Gasteiger partial charge in [0.05, 0.1) is 21.9 Å². The molecule has 0 saturated carbocycles. The quantitative estimate of drug-likeness (QED) is 0.433. The van der Waals surface area contributed by atoms with Gasteiger partial charge in [0.1, 0.15) is 12.6 Å². The Bertz CT molecular complexity index is 1090. The fourth-order valence-corrected chi connectivity index (χ4v) is 3.59. The molecule has 4 nitrogen and oxygen atoms in total. The van der Waals surface area contributed by atoms with E-state index in [1.54, 1.807) is 0 Å². The zero-order valence-electron chi connectivity index (χ0n) is 14.6. The zero-order chi connectivity index (χ0) is 17.4. The van der Waals surface area contributed by atoms with E-state index < -0.39 is 0 Å². The van der Waals surface area contributed by atoms with Crippen molar-refractivity contribution in [3.05, 3.63) is 54.1 Å². The molecule has 0 aliphatic carbocycles. The van der Waals surface area contributed by atoms with E-state index in [0.717, 1.165) is 51.2 Å². The van der Waals surface area contributed by atoms with Crippen molar-refractivity contribution < 1.29 is 9.36 Å². The van der Waals surface area contributed by atoms with Gasteiger partial charge in [0.25, 0.3) is 5.91 Å². The molecular weight excluding hydrogens is 310 g/mol. The predicted octanol–water partition coefficient (Wildman–Crippen LogP) is 3.83. The lowest BCUT2D eigenvalue weighted by atomic mass is 10.0. The number of carbonyl (C=O) groups is 1. The number of aromatic amines is 1. The Labute approximate surface area is 146 Å². The smallest absolute Gasteiger partial charge is 0.254 e. The number of nitrogens with zero attached hydrogens (tertiary/aromatic N) is 1. The van der Waals surface area contributed by atoms with Gasteiger partial charge in [-0.15, -0.1) is 0 Å². The van der Waals surface area contributed by atoms with Gasteiger partial charge in [-0.1, -0.05) is 37.6 Å². The molecule has 0 atom stereocenters. The second-order valence-corrected chi connectivity index (χ2v) is 6.45. The van der Waals surface area contributed by atoms with Crippen molar-refractivity contribution >= 4 is 38.7 Å². The molecule has 25 heavy (non-hydrogen) atoms. The number of unbranched alkanes of at least 4 members (excludes halogenated alkanes) is 1. The lowest BCUT2D eigenvalue weighted by Crippen LogP contribution is -2.32. The molecule has 126 valence electrons. The third-order valence-corrected chi connectivity index (χ3v) is 4.84. The fourth-order valence-electron chi connectivity index (χ4n) is 3.59. The molecule has 0 spiro atoms. The van der Waals surface area contributed by atoms with Crippen molar-refractivity contribution in [2.24, 2.45) is 7.05 Å². The SMILES string of the molecule is CCCCNC(=O)c1c2ccccc2[n+](C)c2c1[nH]c1ccccc12. The average Bonchev–Trinajstić information content (AvgIpc) is 3.01. The van der Waals surface area contributed by atoms with Crippen LogP contribution in [0.4, 0.5) is 0 Å². The van der Waals surface area contributed by atoms with E-state index in [-0.39, 0.29) is 5.91 Å². The molecule has 4 rings (SSSR count). The lowest BCUT2D eigenvalue weighted by Gasteiger charge is -2.08. The van der Waals surface area contributed by atoms with E-state index in [1.165, 1.54) is 0 Å². The lowest BCUT2D eigenvalue weighted by molar-refractivity contribution is -0.616. The van der Waals surface area contributed by atoms with E-state index in [0.29, 0.717) is 6.54 Å². The van der Waals surface area contributed by atoms with Crippen molar-refractivity contribution in [2.45, 2.75) is 19.8 Å². The molecule has 0 unspecified atom stereocenters. The molecule has 4 heteroatoms. The molecule has 2 aromatic heterocycles. The first-order valence-corrected chi connectivity index (χ1v) is 8.81. The normalized spacial score (nSPS) is 11.4. The third kappa shape index (κ3) is 2.45. The zero-order valence-corrected chi connectivity index (χ0v) is 14.6. The molecule has 1 amide bonds. The molecule has 2 heterocycles. The summed E-state index contributed by atoms with van der Waals surface area (Å²) in [6.07, 6.45) is 2.05. The number of fused-ring (bicyclic) bond motifs is 4. The van der Waals surface area contributed by atoms with Gasteiger partial charge in [-0.25, -0.2) is 0 Å². The Morgan fingerprint density at radius 1 is 1.08 bits per heavy atom. The largest absolute Gasteiger partial charge is 0.352 e. The van der Waals surface area contributed by atoms with Gasteiger partial charge >= 0.3 is 0 Å². The molecule has 2 aromatic carbocycles. The van der Waals surface area contributed by atoms with Crippen LogP contribution in [0.3, 0.4) is 0 Å². The van der Waals surface area contributed by atoms with Crippen LogP contribution < -0.4 is 9.88 Å². The maximum absolute atomic E-state index is 13.0. The van der Waals surface area contributed by atoms with Crippen molar-refractivity contribution in [2.75, 3.05) is 6.54 Å². The summed E-state index contributed by atoms with van der Waals surface area (Å²) in [6.45, 7) is 2.83. The maximum atomic E-state index is 13.0. The average molecular weight is 332 g/mol. The number of carbonyl (C=O) groups excluding carboxylic acids is 1. The van der Waals surface area contributed by atoms with E-state index in [2.05, 4.69) is 47.0 Å². The fraction of sp³-hybridized carbons (Fsp3) is 0.238. The molecular formula is C21H22N3O+. The van der Waals surface area contributed by atoms with Crippen LogP contribution in [0.5, 0.6) is 0 Å². The third-order valence-electron chi connectivity index (χ3n) is 4.84. The first-order chi connectivity index (χ1) is 12.2. The van der Waals surface area contributed by atoms with Gasteiger partial charge in [-0.05, 0) is 24.6 Å². The van der Waals surface area contributed by atoms with E-state index in [9.17, 15) is 4.79 Å². The van der Waals surface area contributed by atoms with Crippen LogP contribution in [-0.4, -0.2) is 17.4 Å². The van der Waals surface area contributed by atoms with Crippen LogP contribution in [0, 0.1) is 0 Å². The minimum absolute atomic E-state index is 0.0122. The number of amides is 1. The molecule has 0 saturated heterocycles. The monoisotopic (exact) mass is 332 g/mol. The summed E-state index contributed by atoms with van der Waals surface area (Å²) in [4.78, 5) is 16.5. The molecule has 0 aliphatic rings. The predicted molar refractivity (Wildman–Crippen MR) is 102 cm³/mol. The summed E-state index contributed by atoms with van der Waals surface area (Å²) in [5, 5.41) is 5.18. The number of nitrogens with one attached hydrogen (secondary N) is 2. The summed E-state index contributed by atoms with van der Waals surface area (Å²) < 4.78 is 2.17. The van der Waals surface area contributed by atoms with E-state index >= 15 is 0 Å². The second-order valence-electron chi connectivity index (χ2n) is 6.45. The highest BCUT2D eigenvalue weighted by molar-refractivity contribution is 6.18. The van der Waals surface area contributed by atoms with Crippen LogP contribution in [0.2, 0.25) is 0 Å². The Morgan fingerprint density at radius 2 is 1.80 bits per heavy atom. The van der Waals surface area contributed by atoms with Crippen LogP contribution in [0.15, 0.2) is 48.5 Å². The Morgan fingerprint density at radius 3 is 2.60 bits per heavy atom. The minimum atomic E-state index is -0.0122. The number of hydrogen-bond donors (Lipinski definition) is 2. The van der Waals surface area contributed by atoms with Gasteiger partial charge in [-0.3, -0.25) is 4.79 Å². The summed E-state index contributed by atoms with van der Waals surface area (Å²) >= 11 is 0. The minimum Gasteiger partial charge on any atom is -0.352 e. The van der Waals surface area contributed by atoms with Gasteiger partial charge in [-0.2, -0.15) is 4.57 Å². The van der Waals surface area contributed by atoms with Crippen molar-refractivity contribution in [1.29, 1.82) is 0 Å².